The monoisotopic (exact) mass is 274 g/mol. The molecule has 0 bridgehead atoms. The van der Waals surface area contributed by atoms with Crippen molar-refractivity contribution in [3.63, 3.8) is 0 Å². The predicted octanol–water partition coefficient (Wildman–Crippen LogP) is 3.07. The average molecular weight is 274 g/mol. The number of benzene rings is 1. The van der Waals surface area contributed by atoms with E-state index in [0.717, 1.165) is 6.07 Å². The van der Waals surface area contributed by atoms with Crippen LogP contribution in [0.25, 0.3) is 0 Å². The lowest BCUT2D eigenvalue weighted by molar-refractivity contribution is -0.136. The third kappa shape index (κ3) is 4.41. The number of thioether (sulfide) groups is 1. The summed E-state index contributed by atoms with van der Waals surface area (Å²) in [7, 11) is 0. The summed E-state index contributed by atoms with van der Waals surface area (Å²) in [5.41, 5.74) is 4.75. The molecular formula is C12H13F3N2S. The molecule has 0 amide bonds. The van der Waals surface area contributed by atoms with Crippen LogP contribution in [-0.2, 0) is 6.18 Å². The number of rotatable bonds is 5. The summed E-state index contributed by atoms with van der Waals surface area (Å²) in [4.78, 5) is 0. The number of terminal acetylenes is 1. The van der Waals surface area contributed by atoms with E-state index in [1.807, 2.05) is 0 Å². The molecule has 0 heterocycles. The van der Waals surface area contributed by atoms with Crippen molar-refractivity contribution in [3.8, 4) is 12.3 Å². The Morgan fingerprint density at radius 3 is 2.72 bits per heavy atom. The van der Waals surface area contributed by atoms with E-state index in [1.54, 1.807) is 0 Å². The van der Waals surface area contributed by atoms with E-state index in [2.05, 4.69) is 11.2 Å². The molecule has 1 rings (SSSR count). The van der Waals surface area contributed by atoms with Crippen molar-refractivity contribution in [1.82, 2.24) is 0 Å². The normalized spacial score (nSPS) is 11.0. The highest BCUT2D eigenvalue weighted by Gasteiger charge is 2.33. The highest BCUT2D eigenvalue weighted by Crippen LogP contribution is 2.35. The van der Waals surface area contributed by atoms with Gasteiger partial charge in [0, 0.05) is 23.7 Å². The molecule has 6 heteroatoms. The number of anilines is 2. The van der Waals surface area contributed by atoms with Crippen LogP contribution in [-0.4, -0.2) is 18.1 Å². The fourth-order valence-electron chi connectivity index (χ4n) is 1.34. The number of nitrogens with one attached hydrogen (secondary N) is 1. The highest BCUT2D eigenvalue weighted by atomic mass is 32.2. The molecule has 98 valence electrons. The summed E-state index contributed by atoms with van der Waals surface area (Å²) in [6.45, 7) is 0.416. The second-order valence-corrected chi connectivity index (χ2v) is 4.59. The van der Waals surface area contributed by atoms with Gasteiger partial charge in [-0.1, -0.05) is 5.92 Å². The van der Waals surface area contributed by atoms with Gasteiger partial charge in [-0.05, 0) is 18.2 Å². The Bertz CT molecular complexity index is 438. The first-order valence-electron chi connectivity index (χ1n) is 5.17. The number of hydrogen-bond acceptors (Lipinski definition) is 3. The van der Waals surface area contributed by atoms with Crippen molar-refractivity contribution in [3.05, 3.63) is 23.8 Å². The first-order valence-corrected chi connectivity index (χ1v) is 6.32. The highest BCUT2D eigenvalue weighted by molar-refractivity contribution is 7.99. The molecule has 0 atom stereocenters. The molecule has 0 fully saturated rings. The van der Waals surface area contributed by atoms with E-state index >= 15 is 0 Å². The minimum atomic E-state index is -4.41. The zero-order valence-electron chi connectivity index (χ0n) is 9.55. The lowest BCUT2D eigenvalue weighted by atomic mass is 10.1. The fraction of sp³-hybridized carbons (Fsp3) is 0.333. The van der Waals surface area contributed by atoms with E-state index in [9.17, 15) is 13.2 Å². The van der Waals surface area contributed by atoms with Gasteiger partial charge in [-0.25, -0.2) is 0 Å². The molecule has 18 heavy (non-hydrogen) atoms. The van der Waals surface area contributed by atoms with E-state index < -0.39 is 11.7 Å². The largest absolute Gasteiger partial charge is 0.418 e. The molecule has 2 nitrogen and oxygen atoms in total. The van der Waals surface area contributed by atoms with Gasteiger partial charge in [-0.15, -0.1) is 18.2 Å². The Kier molecular flexibility index (Phi) is 5.23. The number of hydrogen-bond donors (Lipinski definition) is 2. The van der Waals surface area contributed by atoms with E-state index in [4.69, 9.17) is 12.2 Å². The maximum absolute atomic E-state index is 12.7. The summed E-state index contributed by atoms with van der Waals surface area (Å²) in [6.07, 6.45) is 0.653. The molecule has 0 aliphatic carbocycles. The van der Waals surface area contributed by atoms with Gasteiger partial charge in [-0.2, -0.15) is 13.2 Å². The second kappa shape index (κ2) is 6.45. The first-order chi connectivity index (χ1) is 8.45. The van der Waals surface area contributed by atoms with Gasteiger partial charge in [0.2, 0.25) is 0 Å². The standard InChI is InChI=1S/C12H13F3N2S/c1-2-6-18-7-5-17-11-4-3-9(16)8-10(11)12(13,14)15/h1,3-4,8,17H,5-7,16H2. The summed E-state index contributed by atoms with van der Waals surface area (Å²) in [5.74, 6) is 3.64. The lowest BCUT2D eigenvalue weighted by Crippen LogP contribution is -2.13. The minimum Gasteiger partial charge on any atom is -0.399 e. The van der Waals surface area contributed by atoms with Crippen molar-refractivity contribution >= 4 is 23.1 Å². The van der Waals surface area contributed by atoms with Gasteiger partial charge in [-0.3, -0.25) is 0 Å². The van der Waals surface area contributed by atoms with Gasteiger partial charge in [0.15, 0.2) is 0 Å². The van der Waals surface area contributed by atoms with Crippen LogP contribution in [0.5, 0.6) is 0 Å². The molecule has 0 spiro atoms. The smallest absolute Gasteiger partial charge is 0.399 e. The lowest BCUT2D eigenvalue weighted by Gasteiger charge is -2.15. The summed E-state index contributed by atoms with van der Waals surface area (Å²) in [5, 5.41) is 2.74. The maximum atomic E-state index is 12.7. The Balaban J connectivity index is 2.68. The average Bonchev–Trinajstić information content (AvgIpc) is 2.29. The number of nitrogens with two attached hydrogens (primary N) is 1. The van der Waals surface area contributed by atoms with Crippen LogP contribution in [0.1, 0.15) is 5.56 Å². The molecule has 0 saturated heterocycles. The Morgan fingerprint density at radius 1 is 1.39 bits per heavy atom. The Labute approximate surface area is 108 Å². The molecular weight excluding hydrogens is 261 g/mol. The zero-order chi connectivity index (χ0) is 13.6. The zero-order valence-corrected chi connectivity index (χ0v) is 10.4. The summed E-state index contributed by atoms with van der Waals surface area (Å²) >= 11 is 1.48. The van der Waals surface area contributed by atoms with Gasteiger partial charge in [0.05, 0.1) is 11.3 Å². The Hall–Kier alpha value is -1.48. The number of alkyl halides is 3. The van der Waals surface area contributed by atoms with Crippen LogP contribution in [0.15, 0.2) is 18.2 Å². The molecule has 0 aliphatic rings. The quantitative estimate of drug-likeness (QED) is 0.492. The van der Waals surface area contributed by atoms with E-state index in [0.29, 0.717) is 18.1 Å². The topological polar surface area (TPSA) is 38.0 Å². The Morgan fingerprint density at radius 2 is 2.11 bits per heavy atom. The van der Waals surface area contributed by atoms with Crippen LogP contribution in [0, 0.1) is 12.3 Å². The van der Waals surface area contributed by atoms with E-state index in [-0.39, 0.29) is 11.4 Å². The van der Waals surface area contributed by atoms with Crippen molar-refractivity contribution in [1.29, 1.82) is 0 Å². The molecule has 3 N–H and O–H groups in total. The molecule has 1 aromatic carbocycles. The fourth-order valence-corrected chi connectivity index (χ4v) is 1.85. The third-order valence-electron chi connectivity index (χ3n) is 2.10. The molecule has 0 saturated carbocycles. The van der Waals surface area contributed by atoms with Gasteiger partial charge in [0.1, 0.15) is 0 Å². The maximum Gasteiger partial charge on any atom is 0.418 e. The van der Waals surface area contributed by atoms with Gasteiger partial charge >= 0.3 is 6.18 Å². The predicted molar refractivity (Wildman–Crippen MR) is 70.5 cm³/mol. The second-order valence-electron chi connectivity index (χ2n) is 3.49. The van der Waals surface area contributed by atoms with Crippen LogP contribution < -0.4 is 11.1 Å². The molecule has 0 radical (unpaired) electrons. The molecule has 1 aromatic rings. The number of nitrogen functional groups attached to an aromatic ring is 1. The first kappa shape index (κ1) is 14.6. The molecule has 0 aliphatic heterocycles. The van der Waals surface area contributed by atoms with E-state index in [1.165, 1.54) is 23.9 Å². The summed E-state index contributed by atoms with van der Waals surface area (Å²) in [6, 6.07) is 3.70. The van der Waals surface area contributed by atoms with Crippen molar-refractivity contribution in [2.45, 2.75) is 6.18 Å². The molecule has 0 aromatic heterocycles. The minimum absolute atomic E-state index is 0.0398. The number of halogens is 3. The molecule has 0 unspecified atom stereocenters. The van der Waals surface area contributed by atoms with Crippen LogP contribution in [0.3, 0.4) is 0 Å². The van der Waals surface area contributed by atoms with Gasteiger partial charge in [0.25, 0.3) is 0 Å². The van der Waals surface area contributed by atoms with Crippen molar-refractivity contribution < 1.29 is 13.2 Å². The van der Waals surface area contributed by atoms with Crippen LogP contribution in [0.4, 0.5) is 24.5 Å². The van der Waals surface area contributed by atoms with Crippen LogP contribution in [0.2, 0.25) is 0 Å². The van der Waals surface area contributed by atoms with Gasteiger partial charge < -0.3 is 11.1 Å². The van der Waals surface area contributed by atoms with Crippen molar-refractivity contribution in [2.24, 2.45) is 0 Å². The SMILES string of the molecule is C#CCSCCNc1ccc(N)cc1C(F)(F)F. The van der Waals surface area contributed by atoms with Crippen LogP contribution >= 0.6 is 11.8 Å². The summed E-state index contributed by atoms with van der Waals surface area (Å²) < 4.78 is 38.2. The third-order valence-corrected chi connectivity index (χ3v) is 2.96. The van der Waals surface area contributed by atoms with Crippen molar-refractivity contribution in [2.75, 3.05) is 29.1 Å².